The second kappa shape index (κ2) is 5.30. The Kier molecular flexibility index (Phi) is 4.23. The lowest BCUT2D eigenvalue weighted by molar-refractivity contribution is 0.299. The summed E-state index contributed by atoms with van der Waals surface area (Å²) in [5, 5.41) is 5.40. The molecule has 2 aliphatic rings. The van der Waals surface area contributed by atoms with E-state index >= 15 is 0 Å². The molecule has 0 spiro atoms. The van der Waals surface area contributed by atoms with Crippen LogP contribution in [0, 0.1) is 5.41 Å². The second-order valence-electron chi connectivity index (χ2n) is 6.23. The predicted molar refractivity (Wildman–Crippen MR) is 74.1 cm³/mol. The van der Waals surface area contributed by atoms with Crippen LogP contribution in [0.1, 0.15) is 58.8 Å². The maximum Gasteiger partial charge on any atom is 0.0234 e. The van der Waals surface area contributed by atoms with Crippen molar-refractivity contribution < 1.29 is 0 Å². The highest BCUT2D eigenvalue weighted by Crippen LogP contribution is 2.45. The molecule has 2 fully saturated rings. The van der Waals surface area contributed by atoms with Gasteiger partial charge in [0.25, 0.3) is 0 Å². The highest BCUT2D eigenvalue weighted by Gasteiger charge is 2.42. The second-order valence-corrected chi connectivity index (χ2v) is 7.77. The van der Waals surface area contributed by atoms with Crippen molar-refractivity contribution in [1.29, 1.82) is 0 Å². The molecule has 1 nitrogen and oxygen atoms in total. The van der Waals surface area contributed by atoms with Gasteiger partial charge in [0, 0.05) is 16.5 Å². The summed E-state index contributed by atoms with van der Waals surface area (Å²) in [4.78, 5) is 0. The van der Waals surface area contributed by atoms with E-state index < -0.39 is 0 Å². The van der Waals surface area contributed by atoms with Gasteiger partial charge in [0.1, 0.15) is 0 Å². The molecule has 1 N–H and O–H groups in total. The average Bonchev–Trinajstić information content (AvgIpc) is 2.55. The van der Waals surface area contributed by atoms with Crippen molar-refractivity contribution in [2.45, 2.75) is 75.3 Å². The molecule has 0 bridgehead atoms. The topological polar surface area (TPSA) is 12.0 Å². The highest BCUT2D eigenvalue weighted by atomic mass is 32.2. The van der Waals surface area contributed by atoms with Crippen LogP contribution < -0.4 is 5.32 Å². The lowest BCUT2D eigenvalue weighted by atomic mass is 9.87. The van der Waals surface area contributed by atoms with Gasteiger partial charge in [-0.25, -0.2) is 0 Å². The van der Waals surface area contributed by atoms with Crippen LogP contribution in [0.15, 0.2) is 0 Å². The van der Waals surface area contributed by atoms with Crippen LogP contribution in [-0.4, -0.2) is 23.6 Å². The average molecular weight is 241 g/mol. The molecule has 0 radical (unpaired) electrons. The SMILES string of the molecule is CNC1C(SC2CCCCC2)CCC1(C)C. The molecule has 0 aromatic heterocycles. The van der Waals surface area contributed by atoms with Crippen LogP contribution in [0.25, 0.3) is 0 Å². The molecule has 2 heteroatoms. The first kappa shape index (κ1) is 12.8. The third kappa shape index (κ3) is 2.76. The maximum atomic E-state index is 3.57. The van der Waals surface area contributed by atoms with E-state index in [-0.39, 0.29) is 0 Å². The van der Waals surface area contributed by atoms with Gasteiger partial charge in [-0.2, -0.15) is 11.8 Å². The first-order chi connectivity index (χ1) is 7.63. The van der Waals surface area contributed by atoms with E-state index in [1.807, 2.05) is 0 Å². The Morgan fingerprint density at radius 2 is 1.75 bits per heavy atom. The van der Waals surface area contributed by atoms with Crippen molar-refractivity contribution in [3.63, 3.8) is 0 Å². The monoisotopic (exact) mass is 241 g/mol. The van der Waals surface area contributed by atoms with E-state index in [1.54, 1.807) is 0 Å². The molecular formula is C14H27NS. The van der Waals surface area contributed by atoms with Crippen molar-refractivity contribution in [2.24, 2.45) is 5.41 Å². The first-order valence-electron chi connectivity index (χ1n) is 6.96. The third-order valence-electron chi connectivity index (χ3n) is 4.52. The van der Waals surface area contributed by atoms with Gasteiger partial charge in [-0.1, -0.05) is 33.1 Å². The molecule has 94 valence electrons. The Morgan fingerprint density at radius 1 is 1.06 bits per heavy atom. The van der Waals surface area contributed by atoms with E-state index in [2.05, 4.69) is 38.0 Å². The Balaban J connectivity index is 1.89. The summed E-state index contributed by atoms with van der Waals surface area (Å²) in [7, 11) is 2.15. The molecule has 2 unspecified atom stereocenters. The molecule has 0 aromatic carbocycles. The van der Waals surface area contributed by atoms with Crippen LogP contribution in [-0.2, 0) is 0 Å². The molecule has 2 saturated carbocycles. The zero-order chi connectivity index (χ0) is 11.6. The largest absolute Gasteiger partial charge is 0.315 e. The zero-order valence-corrected chi connectivity index (χ0v) is 11.9. The van der Waals surface area contributed by atoms with E-state index in [1.165, 1.54) is 44.9 Å². The maximum absolute atomic E-state index is 3.57. The van der Waals surface area contributed by atoms with E-state index in [4.69, 9.17) is 0 Å². The fraction of sp³-hybridized carbons (Fsp3) is 1.00. The Labute approximate surface area is 105 Å². The summed E-state index contributed by atoms with van der Waals surface area (Å²) < 4.78 is 0. The first-order valence-corrected chi connectivity index (χ1v) is 7.90. The minimum Gasteiger partial charge on any atom is -0.315 e. The number of nitrogens with one attached hydrogen (secondary N) is 1. The van der Waals surface area contributed by atoms with Crippen LogP contribution >= 0.6 is 11.8 Å². The lowest BCUT2D eigenvalue weighted by Gasteiger charge is -2.32. The molecule has 2 aliphatic carbocycles. The van der Waals surface area contributed by atoms with E-state index in [0.717, 1.165) is 16.5 Å². The smallest absolute Gasteiger partial charge is 0.0234 e. The Morgan fingerprint density at radius 3 is 2.38 bits per heavy atom. The summed E-state index contributed by atoms with van der Waals surface area (Å²) >= 11 is 2.30. The van der Waals surface area contributed by atoms with E-state index in [0.29, 0.717) is 5.41 Å². The van der Waals surface area contributed by atoms with Crippen LogP contribution in [0.2, 0.25) is 0 Å². The Bertz CT molecular complexity index is 221. The Hall–Kier alpha value is 0.310. The van der Waals surface area contributed by atoms with Crippen molar-refractivity contribution in [2.75, 3.05) is 7.05 Å². The van der Waals surface area contributed by atoms with Crippen molar-refractivity contribution >= 4 is 11.8 Å². The van der Waals surface area contributed by atoms with Gasteiger partial charge < -0.3 is 5.32 Å². The zero-order valence-electron chi connectivity index (χ0n) is 11.1. The lowest BCUT2D eigenvalue weighted by Crippen LogP contribution is -2.41. The highest BCUT2D eigenvalue weighted by molar-refractivity contribution is 8.00. The number of hydrogen-bond donors (Lipinski definition) is 1. The molecule has 0 saturated heterocycles. The summed E-state index contributed by atoms with van der Waals surface area (Å²) in [5.74, 6) is 0. The van der Waals surface area contributed by atoms with Gasteiger partial charge >= 0.3 is 0 Å². The molecule has 0 amide bonds. The summed E-state index contributed by atoms with van der Waals surface area (Å²) in [6.07, 6.45) is 10.2. The van der Waals surface area contributed by atoms with Crippen LogP contribution in [0.4, 0.5) is 0 Å². The van der Waals surface area contributed by atoms with Gasteiger partial charge in [-0.15, -0.1) is 0 Å². The molecular weight excluding hydrogens is 214 g/mol. The molecule has 0 aliphatic heterocycles. The minimum absolute atomic E-state index is 0.501. The fourth-order valence-corrected chi connectivity index (χ4v) is 5.53. The molecule has 0 aromatic rings. The standard InChI is InChI=1S/C14H27NS/c1-14(2)10-9-12(13(14)15-3)16-11-7-5-4-6-8-11/h11-13,15H,4-10H2,1-3H3. The van der Waals surface area contributed by atoms with Gasteiger partial charge in [-0.05, 0) is 38.1 Å². The van der Waals surface area contributed by atoms with Crippen molar-refractivity contribution in [3.05, 3.63) is 0 Å². The van der Waals surface area contributed by atoms with Gasteiger partial charge in [0.2, 0.25) is 0 Å². The number of thioether (sulfide) groups is 1. The van der Waals surface area contributed by atoms with Crippen LogP contribution in [0.5, 0.6) is 0 Å². The number of rotatable bonds is 3. The number of hydrogen-bond acceptors (Lipinski definition) is 2. The summed E-state index contributed by atoms with van der Waals surface area (Å²) in [5.41, 5.74) is 0.501. The molecule has 2 rings (SSSR count). The third-order valence-corrected chi connectivity index (χ3v) is 6.23. The van der Waals surface area contributed by atoms with E-state index in [9.17, 15) is 0 Å². The molecule has 2 atom stereocenters. The summed E-state index contributed by atoms with van der Waals surface area (Å²) in [6.45, 7) is 4.85. The predicted octanol–water partition coefficient (Wildman–Crippen LogP) is 3.83. The van der Waals surface area contributed by atoms with Gasteiger partial charge in [-0.3, -0.25) is 0 Å². The van der Waals surface area contributed by atoms with Gasteiger partial charge in [0.05, 0.1) is 0 Å². The van der Waals surface area contributed by atoms with Crippen molar-refractivity contribution in [1.82, 2.24) is 5.32 Å². The molecule has 0 heterocycles. The normalized spacial score (nSPS) is 35.4. The van der Waals surface area contributed by atoms with Gasteiger partial charge in [0.15, 0.2) is 0 Å². The minimum atomic E-state index is 0.501. The van der Waals surface area contributed by atoms with Crippen molar-refractivity contribution in [3.8, 4) is 0 Å². The fourth-order valence-electron chi connectivity index (χ4n) is 3.51. The molecule has 16 heavy (non-hydrogen) atoms. The van der Waals surface area contributed by atoms with Crippen LogP contribution in [0.3, 0.4) is 0 Å². The summed E-state index contributed by atoms with van der Waals surface area (Å²) in [6, 6.07) is 0.722. The quantitative estimate of drug-likeness (QED) is 0.806.